The molecule has 0 aliphatic carbocycles. The maximum atomic E-state index is 16.2. The Morgan fingerprint density at radius 2 is 1.80 bits per heavy atom. The van der Waals surface area contributed by atoms with E-state index in [1.54, 1.807) is 61.6 Å². The summed E-state index contributed by atoms with van der Waals surface area (Å²) in [6.07, 6.45) is 0.611. The van der Waals surface area contributed by atoms with Gasteiger partial charge in [-0.15, -0.1) is 0 Å². The number of likely N-dealkylation sites (N-methyl/N-ethyl adjacent to an activating group) is 1. The molecule has 6 rings (SSSR count). The number of hydrogen-bond acceptors (Lipinski definition) is 6. The molecule has 1 N–H and O–H groups in total. The highest BCUT2D eigenvalue weighted by Gasteiger charge is 2.66. The van der Waals surface area contributed by atoms with Crippen molar-refractivity contribution in [1.29, 1.82) is 0 Å². The van der Waals surface area contributed by atoms with Crippen molar-refractivity contribution in [2.75, 3.05) is 25.1 Å². The number of rotatable bonds is 8. The first-order chi connectivity index (χ1) is 21.5. The van der Waals surface area contributed by atoms with Crippen molar-refractivity contribution >= 4 is 36.7 Å². The minimum Gasteiger partial charge on any atom is -0.395 e. The lowest BCUT2D eigenvalue weighted by molar-refractivity contribution is -0.149. The first-order valence-electron chi connectivity index (χ1n) is 15.2. The summed E-state index contributed by atoms with van der Waals surface area (Å²) in [5, 5.41) is 15.3. The van der Waals surface area contributed by atoms with E-state index in [2.05, 4.69) is 5.10 Å². The van der Waals surface area contributed by atoms with Crippen LogP contribution in [0, 0.1) is 5.92 Å². The van der Waals surface area contributed by atoms with Crippen LogP contribution in [-0.2, 0) is 26.5 Å². The largest absolute Gasteiger partial charge is 0.395 e. The van der Waals surface area contributed by atoms with E-state index in [9.17, 15) is 19.5 Å². The Hall–Kier alpha value is -4.19. The van der Waals surface area contributed by atoms with Crippen LogP contribution in [0.4, 0.5) is 9.80 Å². The molecule has 3 aromatic carbocycles. The van der Waals surface area contributed by atoms with Gasteiger partial charge in [0.25, 0.3) is 11.5 Å². The van der Waals surface area contributed by atoms with Gasteiger partial charge in [-0.25, -0.2) is 0 Å². The van der Waals surface area contributed by atoms with Crippen LogP contribution in [0.2, 0.25) is 18.6 Å². The zero-order chi connectivity index (χ0) is 32.1. The van der Waals surface area contributed by atoms with Crippen LogP contribution in [0.1, 0.15) is 24.5 Å². The van der Waals surface area contributed by atoms with Gasteiger partial charge in [-0.05, 0) is 42.9 Å². The minimum absolute atomic E-state index is 0.115. The van der Waals surface area contributed by atoms with Crippen molar-refractivity contribution in [3.63, 3.8) is 0 Å². The van der Waals surface area contributed by atoms with E-state index in [1.165, 1.54) is 9.58 Å². The van der Waals surface area contributed by atoms with Gasteiger partial charge < -0.3 is 23.8 Å². The third-order valence-corrected chi connectivity index (χ3v) is 11.8. The van der Waals surface area contributed by atoms with E-state index in [0.717, 1.165) is 5.56 Å². The first-order valence-corrected chi connectivity index (χ1v) is 18.1. The number of benzene rings is 3. The van der Waals surface area contributed by atoms with Crippen LogP contribution < -0.4 is 10.5 Å². The standard InChI is InChI=1S/C34H37FN4O5Si/c1-22-31(45(3,4)35)29(19-30(41)38(16-17-40)21-23-10-6-5-7-11-23)44-34(22)27-18-25(14-15-28(27)37(2)33(34)43)39-32(42)26-13-9-8-12-24(26)20-36-39/h5-15,18,20,22,29,31,40H,16-17,19,21H2,1-4H3/t22-,29+,31-,34+/m1/s1. The van der Waals surface area contributed by atoms with Gasteiger partial charge in [-0.2, -0.15) is 9.78 Å². The summed E-state index contributed by atoms with van der Waals surface area (Å²) in [6, 6.07) is 21.9. The molecule has 4 aromatic rings. The van der Waals surface area contributed by atoms with E-state index in [4.69, 9.17) is 4.74 Å². The minimum atomic E-state index is -3.51. The molecule has 1 fully saturated rings. The Morgan fingerprint density at radius 3 is 2.51 bits per heavy atom. The molecule has 234 valence electrons. The van der Waals surface area contributed by atoms with Gasteiger partial charge in [-0.3, -0.25) is 14.4 Å². The van der Waals surface area contributed by atoms with Crippen LogP contribution >= 0.6 is 0 Å². The second-order valence-electron chi connectivity index (χ2n) is 12.5. The number of aromatic nitrogens is 2. The summed E-state index contributed by atoms with van der Waals surface area (Å²) < 4.78 is 24.2. The number of carbonyl (C=O) groups is 2. The first kappa shape index (κ1) is 30.8. The number of aliphatic hydroxyl groups excluding tert-OH is 1. The molecule has 2 aliphatic heterocycles. The number of nitrogens with zero attached hydrogens (tertiary/aromatic N) is 4. The van der Waals surface area contributed by atoms with Crippen LogP contribution in [0.3, 0.4) is 0 Å². The SMILES string of the molecule is C[C@@H]1[C@@H]([Si](C)(C)F)[C@H](CC(=O)N(CCO)Cc2ccccc2)O[C@@]12C(=O)N(C)c1ccc(-n3ncc4ccccc4c3=O)cc12. The van der Waals surface area contributed by atoms with E-state index in [-0.39, 0.29) is 43.5 Å². The number of ether oxygens (including phenoxy) is 1. The molecule has 1 aromatic heterocycles. The molecule has 1 saturated heterocycles. The van der Waals surface area contributed by atoms with Crippen molar-refractivity contribution in [2.24, 2.45) is 5.92 Å². The molecule has 3 heterocycles. The average molecular weight is 629 g/mol. The summed E-state index contributed by atoms with van der Waals surface area (Å²) in [4.78, 5) is 44.4. The van der Waals surface area contributed by atoms with Crippen molar-refractivity contribution in [3.8, 4) is 5.69 Å². The number of aliphatic hydroxyl groups is 1. The third-order valence-electron chi connectivity index (χ3n) is 9.33. The number of amides is 2. The molecule has 9 nitrogen and oxygen atoms in total. The Morgan fingerprint density at radius 1 is 1.09 bits per heavy atom. The molecule has 0 radical (unpaired) electrons. The van der Waals surface area contributed by atoms with Crippen molar-refractivity contribution in [3.05, 3.63) is 100 Å². The lowest BCUT2D eigenvalue weighted by Gasteiger charge is -2.31. The molecule has 0 saturated carbocycles. The second-order valence-corrected chi connectivity index (χ2v) is 16.3. The van der Waals surface area contributed by atoms with E-state index in [0.29, 0.717) is 27.7 Å². The summed E-state index contributed by atoms with van der Waals surface area (Å²) >= 11 is 0. The van der Waals surface area contributed by atoms with Crippen molar-refractivity contribution < 1.29 is 23.5 Å². The highest BCUT2D eigenvalue weighted by atomic mass is 28.4. The number of anilines is 1. The molecule has 0 unspecified atom stereocenters. The molecular formula is C34H37FN4O5Si. The van der Waals surface area contributed by atoms with E-state index in [1.807, 2.05) is 49.4 Å². The average Bonchev–Trinajstić information content (AvgIpc) is 3.43. The lowest BCUT2D eigenvalue weighted by atomic mass is 9.82. The van der Waals surface area contributed by atoms with Crippen molar-refractivity contribution in [1.82, 2.24) is 14.7 Å². The van der Waals surface area contributed by atoms with Crippen LogP contribution in [0.5, 0.6) is 0 Å². The smallest absolute Gasteiger partial charge is 0.279 e. The van der Waals surface area contributed by atoms with Crippen LogP contribution in [-0.4, -0.2) is 66.3 Å². The molecule has 2 aliphatic rings. The van der Waals surface area contributed by atoms with Gasteiger partial charge in [0, 0.05) is 42.5 Å². The maximum absolute atomic E-state index is 16.2. The second kappa shape index (κ2) is 11.6. The van der Waals surface area contributed by atoms with Gasteiger partial charge in [-0.1, -0.05) is 55.5 Å². The Kier molecular flexibility index (Phi) is 7.96. The molecule has 11 heteroatoms. The molecule has 45 heavy (non-hydrogen) atoms. The van der Waals surface area contributed by atoms with Gasteiger partial charge >= 0.3 is 0 Å². The molecule has 4 atom stereocenters. The fraction of sp³-hybridized carbons (Fsp3) is 0.353. The highest BCUT2D eigenvalue weighted by molar-refractivity contribution is 6.72. The number of hydrogen-bond donors (Lipinski definition) is 1. The van der Waals surface area contributed by atoms with Gasteiger partial charge in [0.15, 0.2) is 5.60 Å². The van der Waals surface area contributed by atoms with Gasteiger partial charge in [0.1, 0.15) is 0 Å². The summed E-state index contributed by atoms with van der Waals surface area (Å²) in [7, 11) is -1.86. The van der Waals surface area contributed by atoms with E-state index < -0.39 is 31.6 Å². The lowest BCUT2D eigenvalue weighted by Crippen LogP contribution is -2.44. The Labute approximate surface area is 262 Å². The predicted octanol–water partition coefficient (Wildman–Crippen LogP) is 4.55. The fourth-order valence-corrected chi connectivity index (χ4v) is 9.76. The van der Waals surface area contributed by atoms with Crippen LogP contribution in [0.15, 0.2) is 83.8 Å². The number of halogens is 1. The predicted molar refractivity (Wildman–Crippen MR) is 172 cm³/mol. The van der Waals surface area contributed by atoms with Crippen molar-refractivity contribution in [2.45, 2.75) is 50.2 Å². The number of carbonyl (C=O) groups excluding carboxylic acids is 2. The van der Waals surface area contributed by atoms with E-state index >= 15 is 4.11 Å². The Balaban J connectivity index is 1.40. The zero-order valence-electron chi connectivity index (χ0n) is 25.8. The maximum Gasteiger partial charge on any atom is 0.279 e. The fourth-order valence-electron chi connectivity index (χ4n) is 7.27. The molecule has 0 bridgehead atoms. The third kappa shape index (κ3) is 5.18. The molecular weight excluding hydrogens is 591 g/mol. The summed E-state index contributed by atoms with van der Waals surface area (Å²) in [6.45, 7) is 5.18. The number of fused-ring (bicyclic) bond motifs is 3. The highest BCUT2D eigenvalue weighted by Crippen LogP contribution is 2.60. The quantitative estimate of drug-likeness (QED) is 0.227. The summed E-state index contributed by atoms with van der Waals surface area (Å²) in [5.41, 5.74) is -0.0550. The topological polar surface area (TPSA) is 105 Å². The van der Waals surface area contributed by atoms with Gasteiger partial charge in [0.05, 0.1) is 42.1 Å². The zero-order valence-corrected chi connectivity index (χ0v) is 26.8. The summed E-state index contributed by atoms with van der Waals surface area (Å²) in [5.74, 6) is -1.23. The molecule has 2 amide bonds. The monoisotopic (exact) mass is 628 g/mol. The molecule has 1 spiro atoms. The van der Waals surface area contributed by atoms with Gasteiger partial charge in [0.2, 0.25) is 14.3 Å². The Bertz CT molecular complexity index is 1830. The van der Waals surface area contributed by atoms with Crippen LogP contribution in [0.25, 0.3) is 16.5 Å². The normalized spacial score (nSPS) is 22.8.